The molecule has 3 aromatic rings. The minimum absolute atomic E-state index is 1.37. The lowest BCUT2D eigenvalue weighted by Crippen LogP contribution is -2.43. The van der Waals surface area contributed by atoms with Gasteiger partial charge in [0.15, 0.2) is 0 Å². The van der Waals surface area contributed by atoms with Crippen molar-refractivity contribution in [2.24, 2.45) is 0 Å². The summed E-state index contributed by atoms with van der Waals surface area (Å²) in [6.45, 7) is 2.27. The number of hydrogen-bond donors (Lipinski definition) is 0. The Morgan fingerprint density at radius 3 is 1.74 bits per heavy atom. The van der Waals surface area contributed by atoms with Gasteiger partial charge in [-0.15, -0.1) is 0 Å². The van der Waals surface area contributed by atoms with Crippen LogP contribution < -0.4 is 10.4 Å². The lowest BCUT2D eigenvalue weighted by molar-refractivity contribution is 1.45. The minimum atomic E-state index is -1.45. The lowest BCUT2D eigenvalue weighted by Gasteiger charge is -2.20. The topological polar surface area (TPSA) is 0 Å². The van der Waals surface area contributed by atoms with Crippen LogP contribution in [0.2, 0.25) is 0 Å². The van der Waals surface area contributed by atoms with E-state index in [0.29, 0.717) is 0 Å². The summed E-state index contributed by atoms with van der Waals surface area (Å²) < 4.78 is 0. The molecule has 4 rings (SSSR count). The van der Waals surface area contributed by atoms with Gasteiger partial charge < -0.3 is 0 Å². The summed E-state index contributed by atoms with van der Waals surface area (Å²) >= 11 is 0. The smallest absolute Gasteiger partial charge is 0.0645 e. The lowest BCUT2D eigenvalue weighted by atomic mass is 10.1. The second-order valence-electron chi connectivity index (χ2n) is 6.08. The van der Waals surface area contributed by atoms with Crippen LogP contribution in [0, 0.1) is 6.42 Å². The SMILES string of the molecule is CC1=C([SiH](c2ccccc2)c2ccccc2)c2ccccc2[CH]1. The van der Waals surface area contributed by atoms with E-state index in [1.807, 2.05) is 0 Å². The van der Waals surface area contributed by atoms with Gasteiger partial charge in [0.1, 0.15) is 8.80 Å². The summed E-state index contributed by atoms with van der Waals surface area (Å²) in [7, 11) is -1.45. The van der Waals surface area contributed by atoms with E-state index in [0.717, 1.165) is 0 Å². The molecule has 0 unspecified atom stereocenters. The van der Waals surface area contributed by atoms with E-state index in [-0.39, 0.29) is 0 Å². The molecular formula is C22H19Si. The van der Waals surface area contributed by atoms with Crippen molar-refractivity contribution in [3.05, 3.63) is 108 Å². The Balaban J connectivity index is 1.92. The fraction of sp³-hybridized carbons (Fsp3) is 0.0455. The predicted octanol–water partition coefficient (Wildman–Crippen LogP) is 3.61. The summed E-state index contributed by atoms with van der Waals surface area (Å²) in [6, 6.07) is 30.9. The molecular weight excluding hydrogens is 292 g/mol. The maximum atomic E-state index is 2.34. The van der Waals surface area contributed by atoms with E-state index >= 15 is 0 Å². The van der Waals surface area contributed by atoms with Gasteiger partial charge in [-0.05, 0) is 23.2 Å². The molecule has 1 radical (unpaired) electrons. The molecule has 0 aromatic heterocycles. The normalized spacial score (nSPS) is 13.5. The monoisotopic (exact) mass is 311 g/mol. The highest BCUT2D eigenvalue weighted by atomic mass is 28.3. The van der Waals surface area contributed by atoms with Gasteiger partial charge in [0.05, 0.1) is 0 Å². The third-order valence-corrected chi connectivity index (χ3v) is 8.05. The van der Waals surface area contributed by atoms with Crippen LogP contribution in [-0.2, 0) is 0 Å². The molecule has 1 aliphatic rings. The highest BCUT2D eigenvalue weighted by Crippen LogP contribution is 2.35. The number of hydrogen-bond acceptors (Lipinski definition) is 0. The van der Waals surface area contributed by atoms with Gasteiger partial charge in [-0.3, -0.25) is 0 Å². The summed E-state index contributed by atoms with van der Waals surface area (Å²) in [5, 5.41) is 4.54. The van der Waals surface area contributed by atoms with Crippen LogP contribution in [0.25, 0.3) is 5.20 Å². The zero-order valence-corrected chi connectivity index (χ0v) is 14.4. The van der Waals surface area contributed by atoms with Gasteiger partial charge in [0, 0.05) is 6.42 Å². The number of benzene rings is 3. The molecule has 3 aromatic carbocycles. The second kappa shape index (κ2) is 6.02. The van der Waals surface area contributed by atoms with Crippen LogP contribution in [-0.4, -0.2) is 8.80 Å². The molecule has 111 valence electrons. The summed E-state index contributed by atoms with van der Waals surface area (Å²) in [5.74, 6) is 0. The second-order valence-corrected chi connectivity index (χ2v) is 8.86. The third kappa shape index (κ3) is 2.58. The highest BCUT2D eigenvalue weighted by Gasteiger charge is 2.29. The zero-order valence-electron chi connectivity index (χ0n) is 13.2. The average molecular weight is 311 g/mol. The molecule has 0 saturated carbocycles. The van der Waals surface area contributed by atoms with Gasteiger partial charge in [-0.25, -0.2) is 0 Å². The van der Waals surface area contributed by atoms with Gasteiger partial charge in [-0.1, -0.05) is 101 Å². The van der Waals surface area contributed by atoms with Crippen molar-refractivity contribution in [3.8, 4) is 0 Å². The minimum Gasteiger partial charge on any atom is -0.0645 e. The Morgan fingerprint density at radius 1 is 0.609 bits per heavy atom. The van der Waals surface area contributed by atoms with Crippen LogP contribution in [0.15, 0.2) is 90.5 Å². The molecule has 0 nitrogen and oxygen atoms in total. The largest absolute Gasteiger partial charge is 0.133 e. The van der Waals surface area contributed by atoms with Crippen LogP contribution in [0.4, 0.5) is 0 Å². The first-order valence-corrected chi connectivity index (χ1v) is 9.82. The molecule has 0 bridgehead atoms. The Bertz CT molecular complexity index is 808. The van der Waals surface area contributed by atoms with E-state index in [4.69, 9.17) is 0 Å². The van der Waals surface area contributed by atoms with E-state index in [2.05, 4.69) is 98.3 Å². The maximum absolute atomic E-state index is 2.34. The van der Waals surface area contributed by atoms with Crippen LogP contribution in [0.3, 0.4) is 0 Å². The van der Waals surface area contributed by atoms with E-state index < -0.39 is 8.80 Å². The van der Waals surface area contributed by atoms with Crippen molar-refractivity contribution in [1.29, 1.82) is 0 Å². The molecule has 1 heteroatoms. The van der Waals surface area contributed by atoms with Crippen molar-refractivity contribution < 1.29 is 0 Å². The molecule has 0 amide bonds. The molecule has 0 spiro atoms. The number of allylic oxidation sites excluding steroid dienone is 1. The summed E-state index contributed by atoms with van der Waals surface area (Å²) in [6.07, 6.45) is 2.34. The molecule has 1 aliphatic carbocycles. The maximum Gasteiger partial charge on any atom is 0.133 e. The van der Waals surface area contributed by atoms with Gasteiger partial charge in [0.25, 0.3) is 0 Å². The molecule has 0 heterocycles. The van der Waals surface area contributed by atoms with Crippen molar-refractivity contribution >= 4 is 24.4 Å². The highest BCUT2D eigenvalue weighted by molar-refractivity contribution is 7.00. The molecule has 0 saturated heterocycles. The van der Waals surface area contributed by atoms with Crippen molar-refractivity contribution in [2.75, 3.05) is 0 Å². The fourth-order valence-electron chi connectivity index (χ4n) is 3.59. The van der Waals surface area contributed by atoms with Crippen molar-refractivity contribution in [2.45, 2.75) is 6.92 Å². The van der Waals surface area contributed by atoms with Crippen molar-refractivity contribution in [1.82, 2.24) is 0 Å². The molecule has 0 atom stereocenters. The van der Waals surface area contributed by atoms with Crippen LogP contribution >= 0.6 is 0 Å². The van der Waals surface area contributed by atoms with E-state index in [1.54, 1.807) is 5.20 Å². The molecule has 0 fully saturated rings. The standard InChI is InChI=1S/C22H19Si/c1-17-16-18-10-8-9-15-21(18)22(17)23(19-11-4-2-5-12-19)20-13-6-3-7-14-20/h2-16,23H,1H3. The summed E-state index contributed by atoms with van der Waals surface area (Å²) in [4.78, 5) is 0. The molecule has 0 aliphatic heterocycles. The third-order valence-electron chi connectivity index (χ3n) is 4.60. The Hall–Kier alpha value is -2.38. The van der Waals surface area contributed by atoms with Crippen LogP contribution in [0.5, 0.6) is 0 Å². The average Bonchev–Trinajstić information content (AvgIpc) is 2.94. The fourth-order valence-corrected chi connectivity index (χ4v) is 6.97. The number of rotatable bonds is 3. The first kappa shape index (κ1) is 14.2. The van der Waals surface area contributed by atoms with Crippen molar-refractivity contribution in [3.63, 3.8) is 0 Å². The number of fused-ring (bicyclic) bond motifs is 1. The summed E-state index contributed by atoms with van der Waals surface area (Å²) in [5.41, 5.74) is 4.22. The first-order chi connectivity index (χ1) is 11.3. The first-order valence-electron chi connectivity index (χ1n) is 8.09. The van der Waals surface area contributed by atoms with Gasteiger partial charge in [-0.2, -0.15) is 0 Å². The zero-order chi connectivity index (χ0) is 15.6. The Kier molecular flexibility index (Phi) is 3.72. The van der Waals surface area contributed by atoms with Gasteiger partial charge >= 0.3 is 0 Å². The van der Waals surface area contributed by atoms with E-state index in [9.17, 15) is 0 Å². The molecule has 0 N–H and O–H groups in total. The van der Waals surface area contributed by atoms with Gasteiger partial charge in [0.2, 0.25) is 0 Å². The van der Waals surface area contributed by atoms with E-state index in [1.165, 1.54) is 27.1 Å². The quantitative estimate of drug-likeness (QED) is 0.648. The Morgan fingerprint density at radius 2 is 1.13 bits per heavy atom. The molecule has 23 heavy (non-hydrogen) atoms. The predicted molar refractivity (Wildman–Crippen MR) is 102 cm³/mol. The Labute approximate surface area is 139 Å². The van der Waals surface area contributed by atoms with Crippen LogP contribution in [0.1, 0.15) is 18.1 Å².